The smallest absolute Gasteiger partial charge is 0.317 e. The van der Waals surface area contributed by atoms with Crippen LogP contribution in [0.4, 0.5) is 4.79 Å². The first-order valence-corrected chi connectivity index (χ1v) is 7.82. The molecule has 5 heteroatoms. The number of aliphatic carboxylic acids is 1. The maximum atomic E-state index is 11.8. The molecule has 1 atom stereocenters. The van der Waals surface area contributed by atoms with Crippen LogP contribution in [-0.4, -0.2) is 42.1 Å². The summed E-state index contributed by atoms with van der Waals surface area (Å²) in [5, 5.41) is 11.6. The largest absolute Gasteiger partial charge is 0.481 e. The van der Waals surface area contributed by atoms with Gasteiger partial charge in [-0.2, -0.15) is 0 Å². The van der Waals surface area contributed by atoms with E-state index >= 15 is 0 Å². The van der Waals surface area contributed by atoms with Gasteiger partial charge in [-0.3, -0.25) is 4.79 Å². The Morgan fingerprint density at radius 2 is 2.05 bits per heavy atom. The highest BCUT2D eigenvalue weighted by Gasteiger charge is 2.12. The van der Waals surface area contributed by atoms with Crippen LogP contribution in [0.25, 0.3) is 0 Å². The van der Waals surface area contributed by atoms with Crippen LogP contribution in [0.5, 0.6) is 0 Å². The summed E-state index contributed by atoms with van der Waals surface area (Å²) in [5.74, 6) is -0.375. The molecule has 0 aliphatic heterocycles. The molecular weight excluding hydrogens is 268 g/mol. The molecule has 0 radical (unpaired) electrons. The van der Waals surface area contributed by atoms with Crippen LogP contribution >= 0.6 is 0 Å². The van der Waals surface area contributed by atoms with Crippen LogP contribution in [0.15, 0.2) is 12.7 Å². The van der Waals surface area contributed by atoms with E-state index in [0.717, 1.165) is 38.6 Å². The van der Waals surface area contributed by atoms with E-state index in [1.54, 1.807) is 11.9 Å². The maximum absolute atomic E-state index is 11.8. The number of rotatable bonds is 12. The monoisotopic (exact) mass is 298 g/mol. The lowest BCUT2D eigenvalue weighted by molar-refractivity contribution is -0.137. The van der Waals surface area contributed by atoms with E-state index in [1.165, 1.54) is 0 Å². The average molecular weight is 298 g/mol. The summed E-state index contributed by atoms with van der Waals surface area (Å²) in [6.07, 6.45) is 7.47. The van der Waals surface area contributed by atoms with Crippen molar-refractivity contribution in [3.8, 4) is 0 Å². The van der Waals surface area contributed by atoms with Crippen LogP contribution in [0.2, 0.25) is 0 Å². The van der Waals surface area contributed by atoms with Crippen molar-refractivity contribution in [1.29, 1.82) is 0 Å². The predicted octanol–water partition coefficient (Wildman–Crippen LogP) is 3.27. The van der Waals surface area contributed by atoms with Gasteiger partial charge in [0, 0.05) is 26.6 Å². The summed E-state index contributed by atoms with van der Waals surface area (Å²) in [7, 11) is 1.78. The van der Waals surface area contributed by atoms with Crippen LogP contribution in [0, 0.1) is 5.92 Å². The van der Waals surface area contributed by atoms with Crippen molar-refractivity contribution < 1.29 is 14.7 Å². The molecule has 0 fully saturated rings. The molecule has 5 nitrogen and oxygen atoms in total. The molecule has 21 heavy (non-hydrogen) atoms. The number of nitrogens with zero attached hydrogens (tertiary/aromatic N) is 1. The van der Waals surface area contributed by atoms with E-state index in [9.17, 15) is 9.59 Å². The number of hydrogen-bond donors (Lipinski definition) is 2. The van der Waals surface area contributed by atoms with Gasteiger partial charge >= 0.3 is 12.0 Å². The molecule has 0 saturated carbocycles. The van der Waals surface area contributed by atoms with Gasteiger partial charge in [-0.15, -0.1) is 6.58 Å². The molecule has 0 spiro atoms. The Kier molecular flexibility index (Phi) is 11.4. The first-order valence-electron chi connectivity index (χ1n) is 7.82. The van der Waals surface area contributed by atoms with Crippen molar-refractivity contribution in [3.63, 3.8) is 0 Å². The Morgan fingerprint density at radius 3 is 2.62 bits per heavy atom. The zero-order chi connectivity index (χ0) is 16.1. The number of nitrogens with one attached hydrogen (secondary N) is 1. The van der Waals surface area contributed by atoms with E-state index in [1.807, 2.05) is 6.08 Å². The van der Waals surface area contributed by atoms with E-state index in [2.05, 4.69) is 18.8 Å². The molecule has 0 aliphatic carbocycles. The molecule has 1 unspecified atom stereocenters. The molecular formula is C16H30N2O3. The number of hydrogen-bond acceptors (Lipinski definition) is 2. The highest BCUT2D eigenvalue weighted by Crippen LogP contribution is 2.17. The third kappa shape index (κ3) is 10.9. The zero-order valence-corrected chi connectivity index (χ0v) is 13.4. The van der Waals surface area contributed by atoms with E-state index in [4.69, 9.17) is 5.11 Å². The van der Waals surface area contributed by atoms with Gasteiger partial charge in [0.05, 0.1) is 0 Å². The fourth-order valence-corrected chi connectivity index (χ4v) is 2.26. The first kappa shape index (κ1) is 19.5. The van der Waals surface area contributed by atoms with Crippen molar-refractivity contribution >= 4 is 12.0 Å². The van der Waals surface area contributed by atoms with Crippen molar-refractivity contribution in [3.05, 3.63) is 12.7 Å². The minimum Gasteiger partial charge on any atom is -0.481 e. The van der Waals surface area contributed by atoms with Crippen molar-refractivity contribution in [2.24, 2.45) is 5.92 Å². The highest BCUT2D eigenvalue weighted by molar-refractivity contribution is 5.73. The molecule has 0 saturated heterocycles. The van der Waals surface area contributed by atoms with Gasteiger partial charge in [0.25, 0.3) is 0 Å². The minimum absolute atomic E-state index is 0.0625. The standard InChI is InChI=1S/C16H30N2O3/c1-4-6-7-13-18(3)16(21)17-12-11-14(8-5-2)9-10-15(19)20/h4,14H,1,5-13H2,2-3H3,(H,17,21)(H,19,20). The van der Waals surface area contributed by atoms with Gasteiger partial charge in [0.2, 0.25) is 0 Å². The maximum Gasteiger partial charge on any atom is 0.317 e. The molecule has 0 aromatic carbocycles. The highest BCUT2D eigenvalue weighted by atomic mass is 16.4. The van der Waals surface area contributed by atoms with Gasteiger partial charge < -0.3 is 15.3 Å². The summed E-state index contributed by atoms with van der Waals surface area (Å²) in [4.78, 5) is 24.1. The van der Waals surface area contributed by atoms with Gasteiger partial charge in [-0.1, -0.05) is 25.8 Å². The molecule has 0 rings (SSSR count). The Bertz CT molecular complexity index is 319. The van der Waals surface area contributed by atoms with E-state index in [0.29, 0.717) is 18.9 Å². The minimum atomic E-state index is -0.748. The lowest BCUT2D eigenvalue weighted by Crippen LogP contribution is -2.38. The molecule has 0 aliphatic rings. The third-order valence-electron chi connectivity index (χ3n) is 3.54. The van der Waals surface area contributed by atoms with Crippen molar-refractivity contribution in [1.82, 2.24) is 10.2 Å². The SMILES string of the molecule is C=CCCCN(C)C(=O)NCCC(CCC)CCC(=O)O. The van der Waals surface area contributed by atoms with Gasteiger partial charge in [-0.05, 0) is 31.6 Å². The molecule has 0 aromatic heterocycles. The fourth-order valence-electron chi connectivity index (χ4n) is 2.26. The summed E-state index contributed by atoms with van der Waals surface area (Å²) in [6.45, 7) is 7.08. The van der Waals surface area contributed by atoms with E-state index in [-0.39, 0.29) is 12.5 Å². The Hall–Kier alpha value is -1.52. The van der Waals surface area contributed by atoms with Crippen LogP contribution in [0.1, 0.15) is 51.9 Å². The second-order valence-corrected chi connectivity index (χ2v) is 5.46. The van der Waals surface area contributed by atoms with Crippen molar-refractivity contribution in [2.75, 3.05) is 20.1 Å². The number of carboxylic acids is 1. The van der Waals surface area contributed by atoms with Crippen molar-refractivity contribution in [2.45, 2.75) is 51.9 Å². The quantitative estimate of drug-likeness (QED) is 0.429. The number of carbonyl (C=O) groups is 2. The van der Waals surface area contributed by atoms with Crippen LogP contribution in [0.3, 0.4) is 0 Å². The number of carboxylic acid groups (broad SMARTS) is 1. The number of urea groups is 1. The molecule has 2 N–H and O–H groups in total. The second-order valence-electron chi connectivity index (χ2n) is 5.46. The third-order valence-corrected chi connectivity index (χ3v) is 3.54. The zero-order valence-electron chi connectivity index (χ0n) is 13.4. The van der Waals surface area contributed by atoms with Gasteiger partial charge in [-0.25, -0.2) is 4.79 Å². The number of carbonyl (C=O) groups excluding carboxylic acids is 1. The number of unbranched alkanes of at least 4 members (excludes halogenated alkanes) is 1. The number of allylic oxidation sites excluding steroid dienone is 1. The van der Waals surface area contributed by atoms with Crippen LogP contribution < -0.4 is 5.32 Å². The first-order chi connectivity index (χ1) is 10.0. The lowest BCUT2D eigenvalue weighted by Gasteiger charge is -2.19. The number of amides is 2. The fraction of sp³-hybridized carbons (Fsp3) is 0.750. The van der Waals surface area contributed by atoms with Crippen LogP contribution in [-0.2, 0) is 4.79 Å². The Labute approximate surface area is 128 Å². The lowest BCUT2D eigenvalue weighted by atomic mass is 9.94. The summed E-state index contributed by atoms with van der Waals surface area (Å²) in [6, 6.07) is -0.0625. The average Bonchev–Trinajstić information content (AvgIpc) is 2.44. The topological polar surface area (TPSA) is 69.6 Å². The van der Waals surface area contributed by atoms with E-state index < -0.39 is 5.97 Å². The molecule has 122 valence electrons. The van der Waals surface area contributed by atoms with Gasteiger partial charge in [0.1, 0.15) is 0 Å². The molecule has 2 amide bonds. The predicted molar refractivity (Wildman–Crippen MR) is 85.3 cm³/mol. The molecule has 0 bridgehead atoms. The molecule has 0 heterocycles. The second kappa shape index (κ2) is 12.2. The van der Waals surface area contributed by atoms with Gasteiger partial charge in [0.15, 0.2) is 0 Å². The Balaban J connectivity index is 3.92. The Morgan fingerprint density at radius 1 is 1.33 bits per heavy atom. The summed E-state index contributed by atoms with van der Waals surface area (Å²) in [5.41, 5.74) is 0. The summed E-state index contributed by atoms with van der Waals surface area (Å²) >= 11 is 0. The summed E-state index contributed by atoms with van der Waals surface area (Å²) < 4.78 is 0. The molecule has 0 aromatic rings. The normalized spacial score (nSPS) is 11.7.